The van der Waals surface area contributed by atoms with Crippen molar-refractivity contribution in [2.45, 2.75) is 13.3 Å². The van der Waals surface area contributed by atoms with E-state index in [0.29, 0.717) is 17.8 Å². The zero-order valence-corrected chi connectivity index (χ0v) is 16.3. The molecular weight excluding hydrogens is 362 g/mol. The first-order valence-corrected chi connectivity index (χ1v) is 9.71. The Morgan fingerprint density at radius 3 is 2.55 bits per heavy atom. The van der Waals surface area contributed by atoms with Crippen LogP contribution in [0.5, 0.6) is 0 Å². The fourth-order valence-electron chi connectivity index (χ4n) is 3.55. The molecule has 29 heavy (non-hydrogen) atoms. The van der Waals surface area contributed by atoms with Crippen molar-refractivity contribution in [3.05, 3.63) is 89.5 Å². The molecule has 0 saturated carbocycles. The third-order valence-electron chi connectivity index (χ3n) is 5.15. The average molecular weight is 385 g/mol. The minimum atomic E-state index is -0.162. The first-order chi connectivity index (χ1) is 14.1. The zero-order valence-electron chi connectivity index (χ0n) is 16.3. The molecule has 3 aromatic carbocycles. The highest BCUT2D eigenvalue weighted by molar-refractivity contribution is 6.04. The number of nitrogens with one attached hydrogen (secondary N) is 2. The normalized spacial score (nSPS) is 12.4. The molecule has 5 nitrogen and oxygen atoms in total. The van der Waals surface area contributed by atoms with Crippen LogP contribution in [-0.2, 0) is 11.2 Å². The third kappa shape index (κ3) is 4.14. The van der Waals surface area contributed by atoms with Crippen LogP contribution in [0, 0.1) is 6.92 Å². The maximum absolute atomic E-state index is 12.7. The fraction of sp³-hybridized carbons (Fsp3) is 0.167. The molecule has 2 amide bonds. The molecule has 0 radical (unpaired) electrons. The number of rotatable bonds is 5. The lowest BCUT2D eigenvalue weighted by molar-refractivity contribution is -0.116. The molecule has 146 valence electrons. The number of carbonyl (C=O) groups excluding carboxylic acids is 2. The molecule has 0 saturated heterocycles. The Labute approximate surface area is 170 Å². The van der Waals surface area contributed by atoms with Crippen molar-refractivity contribution in [2.75, 3.05) is 28.6 Å². The monoisotopic (exact) mass is 385 g/mol. The van der Waals surface area contributed by atoms with Crippen molar-refractivity contribution in [1.29, 1.82) is 0 Å². The first-order valence-electron chi connectivity index (χ1n) is 9.71. The van der Waals surface area contributed by atoms with Gasteiger partial charge in [0.15, 0.2) is 0 Å². The van der Waals surface area contributed by atoms with Gasteiger partial charge in [0.1, 0.15) is 0 Å². The Hall–Kier alpha value is -3.60. The Kier molecular flexibility index (Phi) is 5.29. The van der Waals surface area contributed by atoms with E-state index in [1.165, 1.54) is 5.56 Å². The predicted octanol–water partition coefficient (Wildman–Crippen LogP) is 4.25. The summed E-state index contributed by atoms with van der Waals surface area (Å²) in [6.45, 7) is 2.89. The molecule has 0 bridgehead atoms. The van der Waals surface area contributed by atoms with Gasteiger partial charge < -0.3 is 15.5 Å². The van der Waals surface area contributed by atoms with E-state index in [2.05, 4.69) is 16.7 Å². The minimum absolute atomic E-state index is 0.0353. The number of hydrogen-bond donors (Lipinski definition) is 2. The van der Waals surface area contributed by atoms with Gasteiger partial charge in [0.2, 0.25) is 5.91 Å². The minimum Gasteiger partial charge on any atom is -0.376 e. The largest absolute Gasteiger partial charge is 0.376 e. The number of hydrogen-bond acceptors (Lipinski definition) is 3. The van der Waals surface area contributed by atoms with E-state index in [1.807, 2.05) is 66.4 Å². The maximum Gasteiger partial charge on any atom is 0.255 e. The van der Waals surface area contributed by atoms with E-state index in [1.54, 1.807) is 12.1 Å². The van der Waals surface area contributed by atoms with E-state index in [0.717, 1.165) is 23.4 Å². The van der Waals surface area contributed by atoms with Crippen molar-refractivity contribution >= 4 is 28.9 Å². The van der Waals surface area contributed by atoms with Gasteiger partial charge in [-0.15, -0.1) is 0 Å². The molecule has 1 heterocycles. The molecule has 2 N–H and O–H groups in total. The molecule has 0 aromatic heterocycles. The average Bonchev–Trinajstić information content (AvgIpc) is 3.19. The molecule has 0 atom stereocenters. The van der Waals surface area contributed by atoms with Crippen molar-refractivity contribution in [2.24, 2.45) is 0 Å². The second-order valence-electron chi connectivity index (χ2n) is 7.13. The fourth-order valence-corrected chi connectivity index (χ4v) is 3.55. The standard InChI is InChI=1S/C24H23N3O2/c1-17-11-12-20(26-24(29)19-8-3-2-4-9-19)15-21(17)25-16-23(28)27-14-13-18-7-5-6-10-22(18)27/h2-12,15,25H,13-14,16H2,1H3,(H,26,29). The second-order valence-corrected chi connectivity index (χ2v) is 7.13. The summed E-state index contributed by atoms with van der Waals surface area (Å²) in [4.78, 5) is 26.9. The van der Waals surface area contributed by atoms with Crippen molar-refractivity contribution in [1.82, 2.24) is 0 Å². The highest BCUT2D eigenvalue weighted by Gasteiger charge is 2.23. The van der Waals surface area contributed by atoms with E-state index in [9.17, 15) is 9.59 Å². The molecule has 1 aliphatic heterocycles. The number of amides is 2. The lowest BCUT2D eigenvalue weighted by Gasteiger charge is -2.19. The number of anilines is 3. The smallest absolute Gasteiger partial charge is 0.255 e. The van der Waals surface area contributed by atoms with Gasteiger partial charge in [0.25, 0.3) is 5.91 Å². The highest BCUT2D eigenvalue weighted by atomic mass is 16.2. The molecule has 0 unspecified atom stereocenters. The van der Waals surface area contributed by atoms with E-state index in [-0.39, 0.29) is 18.4 Å². The number of nitrogens with zero attached hydrogens (tertiary/aromatic N) is 1. The van der Waals surface area contributed by atoms with Crippen molar-refractivity contribution in [3.63, 3.8) is 0 Å². The van der Waals surface area contributed by atoms with Crippen LogP contribution in [0.15, 0.2) is 72.8 Å². The summed E-state index contributed by atoms with van der Waals surface area (Å²) in [6.07, 6.45) is 0.891. The lowest BCUT2D eigenvalue weighted by atomic mass is 10.1. The van der Waals surface area contributed by atoms with E-state index < -0.39 is 0 Å². The van der Waals surface area contributed by atoms with Crippen LogP contribution in [0.3, 0.4) is 0 Å². The van der Waals surface area contributed by atoms with Crippen LogP contribution in [-0.4, -0.2) is 24.9 Å². The number of carbonyl (C=O) groups is 2. The Balaban J connectivity index is 1.42. The Morgan fingerprint density at radius 1 is 0.966 bits per heavy atom. The van der Waals surface area contributed by atoms with Gasteiger partial charge in [-0.25, -0.2) is 0 Å². The zero-order chi connectivity index (χ0) is 20.2. The molecule has 3 aromatic rings. The number of para-hydroxylation sites is 1. The second kappa shape index (κ2) is 8.19. The summed E-state index contributed by atoms with van der Waals surface area (Å²) in [5.74, 6) is -0.127. The summed E-state index contributed by atoms with van der Waals surface area (Å²) in [7, 11) is 0. The van der Waals surface area contributed by atoms with Crippen molar-refractivity contribution < 1.29 is 9.59 Å². The van der Waals surface area contributed by atoms with Gasteiger partial charge in [-0.3, -0.25) is 9.59 Å². The highest BCUT2D eigenvalue weighted by Crippen LogP contribution is 2.27. The van der Waals surface area contributed by atoms with Gasteiger partial charge in [-0.05, 0) is 54.8 Å². The van der Waals surface area contributed by atoms with Gasteiger partial charge in [0, 0.05) is 29.2 Å². The van der Waals surface area contributed by atoms with Crippen LogP contribution in [0.1, 0.15) is 21.5 Å². The third-order valence-corrected chi connectivity index (χ3v) is 5.15. The van der Waals surface area contributed by atoms with Crippen LogP contribution in [0.25, 0.3) is 0 Å². The van der Waals surface area contributed by atoms with Crippen molar-refractivity contribution in [3.8, 4) is 0 Å². The molecule has 0 spiro atoms. The number of fused-ring (bicyclic) bond motifs is 1. The molecule has 1 aliphatic rings. The number of aryl methyl sites for hydroxylation is 1. The molecule has 0 fully saturated rings. The summed E-state index contributed by atoms with van der Waals surface area (Å²) < 4.78 is 0. The van der Waals surface area contributed by atoms with E-state index >= 15 is 0 Å². The molecule has 5 heteroatoms. The van der Waals surface area contributed by atoms with Crippen LogP contribution in [0.4, 0.5) is 17.1 Å². The van der Waals surface area contributed by atoms with Crippen LogP contribution < -0.4 is 15.5 Å². The molecule has 0 aliphatic carbocycles. The Bertz CT molecular complexity index is 1050. The summed E-state index contributed by atoms with van der Waals surface area (Å²) >= 11 is 0. The SMILES string of the molecule is Cc1ccc(NC(=O)c2ccccc2)cc1NCC(=O)N1CCc2ccccc21. The summed E-state index contributed by atoms with van der Waals surface area (Å²) in [5, 5.41) is 6.14. The summed E-state index contributed by atoms with van der Waals surface area (Å²) in [6, 6.07) is 22.8. The quantitative estimate of drug-likeness (QED) is 0.690. The number of benzene rings is 3. The lowest BCUT2D eigenvalue weighted by Crippen LogP contribution is -2.34. The van der Waals surface area contributed by atoms with Crippen LogP contribution in [0.2, 0.25) is 0 Å². The van der Waals surface area contributed by atoms with Crippen LogP contribution >= 0.6 is 0 Å². The van der Waals surface area contributed by atoms with Gasteiger partial charge >= 0.3 is 0 Å². The predicted molar refractivity (Wildman–Crippen MR) is 117 cm³/mol. The summed E-state index contributed by atoms with van der Waals surface area (Å²) in [5.41, 5.74) is 5.34. The first kappa shape index (κ1) is 18.7. The molecular formula is C24H23N3O2. The molecule has 4 rings (SSSR count). The van der Waals surface area contributed by atoms with E-state index in [4.69, 9.17) is 0 Å². The Morgan fingerprint density at radius 2 is 1.72 bits per heavy atom. The topological polar surface area (TPSA) is 61.4 Å². The maximum atomic E-state index is 12.7. The van der Waals surface area contributed by atoms with Gasteiger partial charge in [-0.1, -0.05) is 42.5 Å². The van der Waals surface area contributed by atoms with Gasteiger partial charge in [-0.2, -0.15) is 0 Å². The van der Waals surface area contributed by atoms with Gasteiger partial charge in [0.05, 0.1) is 6.54 Å².